The van der Waals surface area contributed by atoms with Crippen LogP contribution in [0.15, 0.2) is 64.4 Å². The van der Waals surface area contributed by atoms with Gasteiger partial charge in [-0.3, -0.25) is 0 Å². The van der Waals surface area contributed by atoms with Crippen molar-refractivity contribution < 1.29 is 0 Å². The van der Waals surface area contributed by atoms with Crippen molar-refractivity contribution in [3.8, 4) is 0 Å². The van der Waals surface area contributed by atoms with Crippen molar-refractivity contribution in [2.75, 3.05) is 18.8 Å². The van der Waals surface area contributed by atoms with Crippen molar-refractivity contribution in [3.63, 3.8) is 0 Å². The fourth-order valence-corrected chi connectivity index (χ4v) is 6.57. The lowest BCUT2D eigenvalue weighted by Crippen LogP contribution is -2.05. The van der Waals surface area contributed by atoms with E-state index in [0.717, 1.165) is 11.2 Å². The van der Waals surface area contributed by atoms with Crippen LogP contribution in [0.4, 0.5) is 0 Å². The van der Waals surface area contributed by atoms with Gasteiger partial charge in [-0.2, -0.15) is 0 Å². The molecule has 3 rings (SSSR count). The van der Waals surface area contributed by atoms with Gasteiger partial charge in [0, 0.05) is 4.90 Å². The third-order valence-electron chi connectivity index (χ3n) is 4.62. The molecule has 0 spiro atoms. The predicted octanol–water partition coefficient (Wildman–Crippen LogP) is 5.46. The second-order valence-electron chi connectivity index (χ2n) is 6.31. The highest BCUT2D eigenvalue weighted by Gasteiger charge is 2.45. The predicted molar refractivity (Wildman–Crippen MR) is 98.0 cm³/mol. The van der Waals surface area contributed by atoms with Gasteiger partial charge in [-0.05, 0) is 65.4 Å². The highest BCUT2D eigenvalue weighted by molar-refractivity contribution is 8.33. The summed E-state index contributed by atoms with van der Waals surface area (Å²) in [6.07, 6.45) is 9.77. The van der Waals surface area contributed by atoms with E-state index in [1.54, 1.807) is 4.90 Å². The lowest BCUT2D eigenvalue weighted by molar-refractivity contribution is 0.833. The van der Waals surface area contributed by atoms with Gasteiger partial charge in [-0.15, -0.1) is 11.8 Å². The van der Waals surface area contributed by atoms with Crippen LogP contribution in [0.3, 0.4) is 0 Å². The van der Waals surface area contributed by atoms with Gasteiger partial charge in [0.2, 0.25) is 0 Å². The first-order valence-electron chi connectivity index (χ1n) is 7.51. The minimum Gasteiger partial charge on any atom is -0.217 e. The van der Waals surface area contributed by atoms with E-state index in [9.17, 15) is 0 Å². The molecule has 0 N–H and O–H groups in total. The maximum absolute atomic E-state index is 2.49. The molecule has 0 aromatic heterocycles. The fourth-order valence-electron chi connectivity index (χ4n) is 3.17. The Hall–Kier alpha value is -0.860. The Labute approximate surface area is 134 Å². The molecule has 0 bridgehead atoms. The first-order chi connectivity index (χ1) is 10.1. The SMILES string of the molecule is CSc1ccc(C[C@H]2C[C@@H]2S(C)(C)c2ccccc2)cc1. The zero-order valence-electron chi connectivity index (χ0n) is 13.1. The van der Waals surface area contributed by atoms with E-state index in [1.807, 2.05) is 11.8 Å². The normalized spacial score (nSPS) is 22.0. The Morgan fingerprint density at radius 3 is 2.29 bits per heavy atom. The summed E-state index contributed by atoms with van der Waals surface area (Å²) < 4.78 is 0. The molecule has 1 aliphatic rings. The fraction of sp³-hybridized carbons (Fsp3) is 0.368. The quantitative estimate of drug-likeness (QED) is 0.660. The Kier molecular flexibility index (Phi) is 4.37. The molecule has 112 valence electrons. The summed E-state index contributed by atoms with van der Waals surface area (Å²) >= 11 is 1.82. The molecule has 1 saturated carbocycles. The average molecular weight is 317 g/mol. The van der Waals surface area contributed by atoms with Crippen LogP contribution >= 0.6 is 21.8 Å². The maximum atomic E-state index is 2.49. The molecule has 0 amide bonds. The molecule has 0 radical (unpaired) electrons. The Bertz CT molecular complexity index is 587. The van der Waals surface area contributed by atoms with Crippen LogP contribution in [0.1, 0.15) is 12.0 Å². The van der Waals surface area contributed by atoms with Gasteiger partial charge >= 0.3 is 0 Å². The first-order valence-corrected chi connectivity index (χ1v) is 11.2. The molecule has 0 unspecified atom stereocenters. The van der Waals surface area contributed by atoms with E-state index in [1.165, 1.54) is 23.3 Å². The van der Waals surface area contributed by atoms with Crippen LogP contribution in [0.5, 0.6) is 0 Å². The van der Waals surface area contributed by atoms with E-state index in [0.29, 0.717) is 0 Å². The van der Waals surface area contributed by atoms with Crippen molar-refractivity contribution in [3.05, 3.63) is 60.2 Å². The van der Waals surface area contributed by atoms with Crippen LogP contribution in [0.2, 0.25) is 0 Å². The van der Waals surface area contributed by atoms with Gasteiger partial charge in [-0.25, -0.2) is 10.0 Å². The standard InChI is InChI=1S/C19H24S2/c1-20-17-11-9-15(10-12-17)13-16-14-19(16)21(2,3)18-7-5-4-6-8-18/h4-12,16,19H,13-14H2,1-3H3/t16-,19-/m0/s1. The zero-order valence-corrected chi connectivity index (χ0v) is 14.7. The highest BCUT2D eigenvalue weighted by Crippen LogP contribution is 2.65. The number of hydrogen-bond donors (Lipinski definition) is 0. The van der Waals surface area contributed by atoms with Gasteiger partial charge < -0.3 is 0 Å². The van der Waals surface area contributed by atoms with Crippen molar-refractivity contribution in [2.45, 2.75) is 27.9 Å². The molecule has 2 aromatic rings. The monoisotopic (exact) mass is 316 g/mol. The second-order valence-corrected chi connectivity index (χ2v) is 11.1. The highest BCUT2D eigenvalue weighted by atomic mass is 32.3. The molecule has 21 heavy (non-hydrogen) atoms. The van der Waals surface area contributed by atoms with E-state index in [4.69, 9.17) is 0 Å². The summed E-state index contributed by atoms with van der Waals surface area (Å²) in [7, 11) is -0.652. The van der Waals surface area contributed by atoms with Crippen LogP contribution in [0.25, 0.3) is 0 Å². The lowest BCUT2D eigenvalue weighted by atomic mass is 10.1. The molecule has 1 fully saturated rings. The van der Waals surface area contributed by atoms with Crippen LogP contribution in [0, 0.1) is 5.92 Å². The van der Waals surface area contributed by atoms with Gasteiger partial charge in [-0.1, -0.05) is 42.5 Å². The van der Waals surface area contributed by atoms with Crippen molar-refractivity contribution in [1.29, 1.82) is 0 Å². The molecule has 1 aliphatic carbocycles. The van der Waals surface area contributed by atoms with Crippen molar-refractivity contribution >= 4 is 21.8 Å². The maximum Gasteiger partial charge on any atom is 0.00693 e. The molecular weight excluding hydrogens is 292 g/mol. The van der Waals surface area contributed by atoms with Crippen molar-refractivity contribution in [1.82, 2.24) is 0 Å². The van der Waals surface area contributed by atoms with Crippen molar-refractivity contribution in [2.24, 2.45) is 5.92 Å². The van der Waals surface area contributed by atoms with E-state index >= 15 is 0 Å². The molecule has 2 aromatic carbocycles. The zero-order chi connectivity index (χ0) is 14.9. The first kappa shape index (κ1) is 15.1. The van der Waals surface area contributed by atoms with Crippen LogP contribution in [-0.2, 0) is 6.42 Å². The lowest BCUT2D eigenvalue weighted by Gasteiger charge is -2.32. The number of benzene rings is 2. The molecule has 0 aliphatic heterocycles. The molecular formula is C19H24S2. The van der Waals surface area contributed by atoms with Gasteiger partial charge in [0.25, 0.3) is 0 Å². The molecule has 0 saturated heterocycles. The largest absolute Gasteiger partial charge is 0.217 e. The number of rotatable bonds is 5. The van der Waals surface area contributed by atoms with Crippen LogP contribution in [-0.4, -0.2) is 24.0 Å². The van der Waals surface area contributed by atoms with Crippen LogP contribution < -0.4 is 0 Å². The third kappa shape index (κ3) is 3.32. The molecule has 0 heterocycles. The summed E-state index contributed by atoms with van der Waals surface area (Å²) in [4.78, 5) is 2.93. The molecule has 0 nitrogen and oxygen atoms in total. The Morgan fingerprint density at radius 2 is 1.67 bits per heavy atom. The molecule has 2 atom stereocenters. The van der Waals surface area contributed by atoms with E-state index in [-0.39, 0.29) is 0 Å². The Balaban J connectivity index is 1.65. The summed E-state index contributed by atoms with van der Waals surface area (Å²) in [5, 5.41) is 0.903. The summed E-state index contributed by atoms with van der Waals surface area (Å²) in [6, 6.07) is 20.3. The average Bonchev–Trinajstić information content (AvgIpc) is 3.29. The Morgan fingerprint density at radius 1 is 1.00 bits per heavy atom. The van der Waals surface area contributed by atoms with E-state index in [2.05, 4.69) is 73.4 Å². The topological polar surface area (TPSA) is 0 Å². The number of thioether (sulfide) groups is 1. The van der Waals surface area contributed by atoms with Gasteiger partial charge in [0.15, 0.2) is 0 Å². The molecule has 2 heteroatoms. The second kappa shape index (κ2) is 6.10. The summed E-state index contributed by atoms with van der Waals surface area (Å²) in [5.41, 5.74) is 1.50. The minimum atomic E-state index is -0.652. The smallest absolute Gasteiger partial charge is 0.00693 e. The minimum absolute atomic E-state index is 0.652. The summed E-state index contributed by atoms with van der Waals surface area (Å²) in [5.74, 6) is 0.885. The van der Waals surface area contributed by atoms with E-state index < -0.39 is 10.0 Å². The third-order valence-corrected chi connectivity index (χ3v) is 8.94. The summed E-state index contributed by atoms with van der Waals surface area (Å²) in [6.45, 7) is 0. The van der Waals surface area contributed by atoms with Gasteiger partial charge in [0.1, 0.15) is 0 Å². The number of hydrogen-bond acceptors (Lipinski definition) is 1. The van der Waals surface area contributed by atoms with Gasteiger partial charge in [0.05, 0.1) is 0 Å².